The van der Waals surface area contributed by atoms with Crippen LogP contribution in [0.2, 0.25) is 0 Å². The van der Waals surface area contributed by atoms with Crippen LogP contribution in [0.1, 0.15) is 5.76 Å². The fourth-order valence-corrected chi connectivity index (χ4v) is 2.36. The molecule has 4 rings (SSSR count). The molecule has 0 atom stereocenters. The molecule has 0 aliphatic carbocycles. The maximum absolute atomic E-state index is 5.28. The van der Waals surface area contributed by atoms with Crippen molar-refractivity contribution < 1.29 is 4.42 Å². The van der Waals surface area contributed by atoms with Crippen molar-refractivity contribution in [3.8, 4) is 11.4 Å². The van der Waals surface area contributed by atoms with Gasteiger partial charge in [-0.2, -0.15) is 0 Å². The minimum Gasteiger partial charge on any atom is -0.463 e. The molecule has 2 heterocycles. The molecule has 4 aromatic rings. The van der Waals surface area contributed by atoms with Crippen LogP contribution in [-0.2, 0) is 0 Å². The number of imidazole rings is 1. The summed E-state index contributed by atoms with van der Waals surface area (Å²) < 4.78 is 5.28. The third-order valence-corrected chi connectivity index (χ3v) is 3.42. The van der Waals surface area contributed by atoms with Crippen LogP contribution in [-0.4, -0.2) is 16.2 Å². The molecule has 0 fully saturated rings. The molecule has 4 nitrogen and oxygen atoms in total. The van der Waals surface area contributed by atoms with E-state index in [9.17, 15) is 0 Å². The summed E-state index contributed by atoms with van der Waals surface area (Å²) in [5, 5.41) is 0. The van der Waals surface area contributed by atoms with Crippen molar-refractivity contribution in [3.05, 3.63) is 72.7 Å². The van der Waals surface area contributed by atoms with Gasteiger partial charge in [0.2, 0.25) is 0 Å². The lowest BCUT2D eigenvalue weighted by Crippen LogP contribution is -1.82. The van der Waals surface area contributed by atoms with E-state index in [0.29, 0.717) is 0 Å². The lowest BCUT2D eigenvalue weighted by Gasteiger charge is -2.01. The standard InChI is InChI=1S/C18H13N3O/c1-2-8-15(19-12-13-6-5-11-22-13)14(7-1)18-20-16-9-3-4-10-17(16)21-18/h1-12H,(H,20,21). The number of benzene rings is 2. The van der Waals surface area contributed by atoms with Gasteiger partial charge >= 0.3 is 0 Å². The Morgan fingerprint density at radius 2 is 1.82 bits per heavy atom. The van der Waals surface area contributed by atoms with E-state index in [1.54, 1.807) is 12.5 Å². The number of aliphatic imine (C=N–C) groups is 1. The normalized spacial score (nSPS) is 11.5. The van der Waals surface area contributed by atoms with E-state index in [1.165, 1.54) is 0 Å². The molecule has 1 N–H and O–H groups in total. The van der Waals surface area contributed by atoms with E-state index in [0.717, 1.165) is 33.9 Å². The molecule has 22 heavy (non-hydrogen) atoms. The summed E-state index contributed by atoms with van der Waals surface area (Å²) in [7, 11) is 0. The molecule has 0 spiro atoms. The van der Waals surface area contributed by atoms with Crippen molar-refractivity contribution in [1.29, 1.82) is 0 Å². The van der Waals surface area contributed by atoms with E-state index < -0.39 is 0 Å². The van der Waals surface area contributed by atoms with Gasteiger partial charge in [-0.1, -0.05) is 24.3 Å². The van der Waals surface area contributed by atoms with Gasteiger partial charge in [0.25, 0.3) is 0 Å². The number of rotatable bonds is 3. The van der Waals surface area contributed by atoms with Crippen molar-refractivity contribution in [2.45, 2.75) is 0 Å². The summed E-state index contributed by atoms with van der Waals surface area (Å²) in [5.41, 5.74) is 3.77. The van der Waals surface area contributed by atoms with Crippen LogP contribution in [0, 0.1) is 0 Å². The van der Waals surface area contributed by atoms with Crippen molar-refractivity contribution in [3.63, 3.8) is 0 Å². The summed E-state index contributed by atoms with van der Waals surface area (Å²) in [6, 6.07) is 19.6. The average Bonchev–Trinajstić information content (AvgIpc) is 3.22. The summed E-state index contributed by atoms with van der Waals surface area (Å²) in [6.45, 7) is 0. The third kappa shape index (κ3) is 2.31. The van der Waals surface area contributed by atoms with Gasteiger partial charge in [-0.05, 0) is 36.4 Å². The molecular weight excluding hydrogens is 274 g/mol. The molecule has 0 saturated carbocycles. The summed E-state index contributed by atoms with van der Waals surface area (Å²) in [5.74, 6) is 1.54. The number of nitrogens with one attached hydrogen (secondary N) is 1. The minimum atomic E-state index is 0.722. The Kier molecular flexibility index (Phi) is 3.05. The highest BCUT2D eigenvalue weighted by molar-refractivity contribution is 5.85. The van der Waals surface area contributed by atoms with Crippen molar-refractivity contribution in [1.82, 2.24) is 9.97 Å². The van der Waals surface area contributed by atoms with Gasteiger partial charge in [-0.15, -0.1) is 0 Å². The number of hydrogen-bond donors (Lipinski definition) is 1. The van der Waals surface area contributed by atoms with Gasteiger partial charge in [0.1, 0.15) is 11.6 Å². The number of furan rings is 1. The molecule has 0 unspecified atom stereocenters. The fraction of sp³-hybridized carbons (Fsp3) is 0. The third-order valence-electron chi connectivity index (χ3n) is 3.42. The van der Waals surface area contributed by atoms with E-state index in [2.05, 4.69) is 15.0 Å². The van der Waals surface area contributed by atoms with Gasteiger partial charge in [-0.3, -0.25) is 4.99 Å². The number of H-pyrrole nitrogens is 1. The zero-order valence-corrected chi connectivity index (χ0v) is 11.7. The fourth-order valence-electron chi connectivity index (χ4n) is 2.36. The summed E-state index contributed by atoms with van der Waals surface area (Å²) >= 11 is 0. The molecule has 0 amide bonds. The number of aromatic nitrogens is 2. The molecule has 4 heteroatoms. The Balaban J connectivity index is 1.78. The van der Waals surface area contributed by atoms with Gasteiger partial charge < -0.3 is 9.40 Å². The first kappa shape index (κ1) is 12.6. The highest BCUT2D eigenvalue weighted by Gasteiger charge is 2.08. The summed E-state index contributed by atoms with van der Waals surface area (Å²) in [6.07, 6.45) is 3.34. The van der Waals surface area contributed by atoms with Crippen molar-refractivity contribution in [2.75, 3.05) is 0 Å². The van der Waals surface area contributed by atoms with Crippen LogP contribution in [0.4, 0.5) is 5.69 Å². The van der Waals surface area contributed by atoms with Gasteiger partial charge in [0.15, 0.2) is 0 Å². The topological polar surface area (TPSA) is 54.2 Å². The van der Waals surface area contributed by atoms with Gasteiger partial charge in [0, 0.05) is 5.56 Å². The quantitative estimate of drug-likeness (QED) is 0.561. The van der Waals surface area contributed by atoms with Crippen LogP contribution >= 0.6 is 0 Å². The second-order valence-corrected chi connectivity index (χ2v) is 4.89. The maximum Gasteiger partial charge on any atom is 0.144 e. The van der Waals surface area contributed by atoms with Crippen LogP contribution in [0.5, 0.6) is 0 Å². The highest BCUT2D eigenvalue weighted by atomic mass is 16.3. The monoisotopic (exact) mass is 287 g/mol. The van der Waals surface area contributed by atoms with Crippen molar-refractivity contribution in [2.24, 2.45) is 4.99 Å². The van der Waals surface area contributed by atoms with Gasteiger partial charge in [-0.25, -0.2) is 4.98 Å². The molecule has 0 aliphatic rings. The Morgan fingerprint density at radius 3 is 2.68 bits per heavy atom. The Morgan fingerprint density at radius 1 is 0.955 bits per heavy atom. The van der Waals surface area contributed by atoms with Crippen LogP contribution in [0.3, 0.4) is 0 Å². The highest BCUT2D eigenvalue weighted by Crippen LogP contribution is 2.29. The molecule has 106 valence electrons. The maximum atomic E-state index is 5.28. The number of para-hydroxylation sites is 3. The number of hydrogen-bond acceptors (Lipinski definition) is 3. The Hall–Kier alpha value is -3.14. The van der Waals surface area contributed by atoms with Crippen molar-refractivity contribution >= 4 is 22.9 Å². The molecule has 2 aromatic heterocycles. The van der Waals surface area contributed by atoms with Gasteiger partial charge in [0.05, 0.1) is 29.2 Å². The molecule has 0 radical (unpaired) electrons. The SMILES string of the molecule is C(=Nc1ccccc1-c1nc2ccccc2[nH]1)c1ccco1. The molecule has 2 aromatic carbocycles. The second-order valence-electron chi connectivity index (χ2n) is 4.89. The molecule has 0 saturated heterocycles. The first-order chi connectivity index (χ1) is 10.9. The van der Waals surface area contributed by atoms with E-state index in [4.69, 9.17) is 4.42 Å². The molecule has 0 aliphatic heterocycles. The zero-order chi connectivity index (χ0) is 14.8. The first-order valence-electron chi connectivity index (χ1n) is 7.02. The second kappa shape index (κ2) is 5.33. The summed E-state index contributed by atoms with van der Waals surface area (Å²) in [4.78, 5) is 12.5. The van der Waals surface area contributed by atoms with Crippen LogP contribution < -0.4 is 0 Å². The molecule has 0 bridgehead atoms. The van der Waals surface area contributed by atoms with Crippen LogP contribution in [0.25, 0.3) is 22.4 Å². The van der Waals surface area contributed by atoms with Crippen LogP contribution in [0.15, 0.2) is 76.3 Å². The smallest absolute Gasteiger partial charge is 0.144 e. The number of fused-ring (bicyclic) bond motifs is 1. The largest absolute Gasteiger partial charge is 0.463 e. The minimum absolute atomic E-state index is 0.722. The van der Waals surface area contributed by atoms with E-state index in [1.807, 2.05) is 60.7 Å². The van der Waals surface area contributed by atoms with E-state index >= 15 is 0 Å². The number of nitrogens with zero attached hydrogens (tertiary/aromatic N) is 2. The first-order valence-corrected chi connectivity index (χ1v) is 7.02. The molecular formula is C18H13N3O. The lowest BCUT2D eigenvalue weighted by atomic mass is 10.1. The van der Waals surface area contributed by atoms with E-state index in [-0.39, 0.29) is 0 Å². The average molecular weight is 287 g/mol. The Labute approximate surface area is 127 Å². The predicted molar refractivity (Wildman–Crippen MR) is 87.5 cm³/mol. The predicted octanol–water partition coefficient (Wildman–Crippen LogP) is 4.57. The zero-order valence-electron chi connectivity index (χ0n) is 11.7. The number of aromatic amines is 1. The lowest BCUT2D eigenvalue weighted by molar-refractivity contribution is 0.560. The Bertz CT molecular complexity index is 903.